The molecule has 0 amide bonds. The van der Waals surface area contributed by atoms with Crippen LogP contribution in [0, 0.1) is 27.7 Å². The molecule has 5 heteroatoms. The normalized spacial score (nSPS) is 13.6. The summed E-state index contributed by atoms with van der Waals surface area (Å²) in [5.41, 5.74) is 27.9. The summed E-state index contributed by atoms with van der Waals surface area (Å²) < 4.78 is 8.92. The van der Waals surface area contributed by atoms with Gasteiger partial charge in [-0.3, -0.25) is 0 Å². The first-order valence-corrected chi connectivity index (χ1v) is 26.9. The van der Waals surface area contributed by atoms with Crippen molar-refractivity contribution in [3.63, 3.8) is 0 Å². The molecule has 0 atom stereocenters. The summed E-state index contributed by atoms with van der Waals surface area (Å²) in [6, 6.07) is 62.3. The number of fused-ring (bicyclic) bond motifs is 10. The third kappa shape index (κ3) is 7.25. The van der Waals surface area contributed by atoms with E-state index in [1.165, 1.54) is 117 Å². The van der Waals surface area contributed by atoms with Crippen LogP contribution in [0.3, 0.4) is 0 Å². The van der Waals surface area contributed by atoms with Crippen LogP contribution < -0.4 is 26.2 Å². The summed E-state index contributed by atoms with van der Waals surface area (Å²) in [7, 11) is 0. The van der Waals surface area contributed by atoms with Crippen LogP contribution in [0.25, 0.3) is 60.6 Å². The van der Waals surface area contributed by atoms with E-state index in [-0.39, 0.29) is 23.0 Å². The topological polar surface area (TPSA) is 24.6 Å². The third-order valence-electron chi connectivity index (χ3n) is 16.6. The lowest BCUT2D eigenvalue weighted by molar-refractivity contribution is 0.589. The number of hydrogen-bond acceptors (Lipinski definition) is 3. The van der Waals surface area contributed by atoms with E-state index in [1.54, 1.807) is 0 Å². The lowest BCUT2D eigenvalue weighted by Crippen LogP contribution is -2.61. The quantitative estimate of drug-likeness (QED) is 0.164. The molecule has 0 N–H and O–H groups in total. The number of benzene rings is 9. The van der Waals surface area contributed by atoms with Crippen LogP contribution in [0.2, 0.25) is 0 Å². The van der Waals surface area contributed by atoms with Crippen molar-refractivity contribution in [3.8, 4) is 16.8 Å². The fourth-order valence-corrected chi connectivity index (χ4v) is 12.8. The van der Waals surface area contributed by atoms with Gasteiger partial charge in [0.05, 0.1) is 22.4 Å². The Balaban J connectivity index is 1.13. The summed E-state index contributed by atoms with van der Waals surface area (Å²) in [4.78, 5) is 5.34. The monoisotopic (exact) mass is 976 g/mol. The smallest absolute Gasteiger partial charge is 0.252 e. The van der Waals surface area contributed by atoms with Gasteiger partial charge in [0.15, 0.2) is 0 Å². The molecule has 0 aliphatic carbocycles. The van der Waals surface area contributed by atoms with Crippen molar-refractivity contribution in [2.45, 2.75) is 106 Å². The number of para-hydroxylation sites is 3. The average Bonchev–Trinajstić information content (AvgIpc) is 3.91. The van der Waals surface area contributed by atoms with Crippen LogP contribution in [0.4, 0.5) is 34.1 Å². The number of hydrogen-bond donors (Lipinski definition) is 0. The minimum Gasteiger partial charge on any atom is -0.456 e. The predicted molar refractivity (Wildman–Crippen MR) is 323 cm³/mol. The first-order chi connectivity index (χ1) is 35.7. The van der Waals surface area contributed by atoms with E-state index in [1.807, 2.05) is 6.07 Å². The van der Waals surface area contributed by atoms with Crippen LogP contribution >= 0.6 is 0 Å². The lowest BCUT2D eigenvalue weighted by atomic mass is 9.33. The van der Waals surface area contributed by atoms with Crippen LogP contribution in [-0.2, 0) is 16.2 Å². The molecule has 0 fully saturated rings. The second-order valence-corrected chi connectivity index (χ2v) is 24.9. The van der Waals surface area contributed by atoms with Crippen LogP contribution in [0.1, 0.15) is 101 Å². The van der Waals surface area contributed by atoms with Crippen LogP contribution in [0.5, 0.6) is 0 Å². The van der Waals surface area contributed by atoms with Gasteiger partial charge in [0.25, 0.3) is 6.71 Å². The van der Waals surface area contributed by atoms with Gasteiger partial charge in [-0.2, -0.15) is 0 Å². The SMILES string of the molecule is Cc1cc(-c2ccc3c(c2)oc2ccccc23)cc(C)c1N1c2cc(C(C)(C)C)ccc2B2c3cc4c5ccccc5n(-c5ccccc5)c4cc3N(c3c(C)cc(C(C)(C)C)cc3C)c3cc(C(C)(C)C)cc1c32. The highest BCUT2D eigenvalue weighted by molar-refractivity contribution is 7.00. The zero-order chi connectivity index (χ0) is 52.2. The van der Waals surface area contributed by atoms with Crippen molar-refractivity contribution in [3.05, 3.63) is 203 Å². The van der Waals surface area contributed by atoms with Crippen molar-refractivity contribution in [2.24, 2.45) is 0 Å². The Kier molecular flexibility index (Phi) is 10.3. The number of nitrogens with zero attached hydrogens (tertiary/aromatic N) is 3. The van der Waals surface area contributed by atoms with Gasteiger partial charge in [0.1, 0.15) is 11.2 Å². The van der Waals surface area contributed by atoms with Gasteiger partial charge in [0.2, 0.25) is 0 Å². The fraction of sp³-hybridized carbons (Fsp3) is 0.229. The molecule has 2 aromatic heterocycles. The van der Waals surface area contributed by atoms with E-state index in [2.05, 4.69) is 262 Å². The van der Waals surface area contributed by atoms with Crippen LogP contribution in [-0.4, -0.2) is 11.3 Å². The number of aryl methyl sites for hydroxylation is 4. The molecule has 4 heterocycles. The molecule has 370 valence electrons. The fourth-order valence-electron chi connectivity index (χ4n) is 12.8. The molecule has 4 nitrogen and oxygen atoms in total. The van der Waals surface area contributed by atoms with Gasteiger partial charge in [0, 0.05) is 50.0 Å². The van der Waals surface area contributed by atoms with E-state index in [4.69, 9.17) is 4.42 Å². The van der Waals surface area contributed by atoms with Crippen molar-refractivity contribution < 1.29 is 4.42 Å². The van der Waals surface area contributed by atoms with Crippen molar-refractivity contribution in [1.29, 1.82) is 0 Å². The Morgan fingerprint density at radius 3 is 1.55 bits per heavy atom. The minimum atomic E-state index is -0.167. The van der Waals surface area contributed by atoms with E-state index < -0.39 is 0 Å². The van der Waals surface area contributed by atoms with Gasteiger partial charge >= 0.3 is 0 Å². The summed E-state index contributed by atoms with van der Waals surface area (Å²) in [6.45, 7) is 30.4. The molecule has 75 heavy (non-hydrogen) atoms. The summed E-state index contributed by atoms with van der Waals surface area (Å²) in [5.74, 6) is 0. The lowest BCUT2D eigenvalue weighted by Gasteiger charge is -2.46. The number of rotatable bonds is 4. The standard InChI is InChI=1S/C70H66BN3O/c1-41-31-46(45-27-29-53-52-24-18-20-26-63(52)75-64(53)35-45)32-42(2)66(41)73-59-36-47(68(5,6)7)28-30-55(59)71-56-39-54-51-23-17-19-25-57(51)72(50-21-15-14-16-22-50)58(54)40-60(56)74(62-38-49(70(11,12)13)37-61(73)65(62)71)67-43(3)33-48(34-44(67)4)69(8,9)10/h14-40H,1-13H3. The molecule has 0 saturated carbocycles. The Labute approximate surface area is 443 Å². The van der Waals surface area contributed by atoms with Gasteiger partial charge < -0.3 is 18.8 Å². The maximum Gasteiger partial charge on any atom is 0.252 e. The maximum atomic E-state index is 6.44. The zero-order valence-corrected chi connectivity index (χ0v) is 45.9. The van der Waals surface area contributed by atoms with E-state index in [9.17, 15) is 0 Å². The maximum absolute atomic E-state index is 6.44. The average molecular weight is 976 g/mol. The molecule has 2 aliphatic rings. The Morgan fingerprint density at radius 1 is 0.373 bits per heavy atom. The highest BCUT2D eigenvalue weighted by Crippen LogP contribution is 2.51. The Hall–Kier alpha value is -7.76. The first kappa shape index (κ1) is 47.0. The third-order valence-corrected chi connectivity index (χ3v) is 16.6. The second-order valence-electron chi connectivity index (χ2n) is 24.9. The summed E-state index contributed by atoms with van der Waals surface area (Å²) in [5, 5.41) is 4.81. The highest BCUT2D eigenvalue weighted by Gasteiger charge is 2.46. The highest BCUT2D eigenvalue weighted by atomic mass is 16.3. The van der Waals surface area contributed by atoms with Gasteiger partial charge in [-0.05, 0) is 183 Å². The zero-order valence-electron chi connectivity index (χ0n) is 45.9. The Morgan fingerprint density at radius 2 is 0.907 bits per heavy atom. The molecule has 0 saturated heterocycles. The molecule has 0 bridgehead atoms. The first-order valence-electron chi connectivity index (χ1n) is 26.9. The van der Waals surface area contributed by atoms with Crippen molar-refractivity contribution in [2.75, 3.05) is 9.80 Å². The van der Waals surface area contributed by atoms with Crippen LogP contribution in [0.15, 0.2) is 168 Å². The van der Waals surface area contributed by atoms with Crippen molar-refractivity contribution in [1.82, 2.24) is 4.57 Å². The Bertz CT molecular complexity index is 4140. The van der Waals surface area contributed by atoms with Gasteiger partial charge in [-0.25, -0.2) is 0 Å². The van der Waals surface area contributed by atoms with Crippen molar-refractivity contribution >= 4 is 101 Å². The predicted octanol–water partition coefficient (Wildman–Crippen LogP) is 17.6. The molecular formula is C70H66BN3O. The van der Waals surface area contributed by atoms with E-state index in [0.717, 1.165) is 33.2 Å². The molecular weight excluding hydrogens is 910 g/mol. The molecule has 2 aliphatic heterocycles. The number of aromatic nitrogens is 1. The summed E-state index contributed by atoms with van der Waals surface area (Å²) in [6.07, 6.45) is 0. The summed E-state index contributed by atoms with van der Waals surface area (Å²) >= 11 is 0. The molecule has 0 unspecified atom stereocenters. The minimum absolute atomic E-state index is 0.00534. The molecule has 11 aromatic rings. The molecule has 13 rings (SSSR count). The van der Waals surface area contributed by atoms with E-state index >= 15 is 0 Å². The van der Waals surface area contributed by atoms with Gasteiger partial charge in [-0.1, -0.05) is 153 Å². The van der Waals surface area contributed by atoms with Gasteiger partial charge in [-0.15, -0.1) is 0 Å². The molecule has 0 radical (unpaired) electrons. The molecule has 9 aromatic carbocycles. The second kappa shape index (κ2) is 16.4. The van der Waals surface area contributed by atoms with E-state index in [0.29, 0.717) is 0 Å². The number of anilines is 6. The molecule has 0 spiro atoms. The largest absolute Gasteiger partial charge is 0.456 e. The number of furan rings is 1.